The first-order valence-corrected chi connectivity index (χ1v) is 20.9. The zero-order valence-electron chi connectivity index (χ0n) is 32.3. The van der Waals surface area contributed by atoms with Gasteiger partial charge in [-0.25, -0.2) is 0 Å². The lowest BCUT2D eigenvalue weighted by molar-refractivity contribution is -0.159. The van der Waals surface area contributed by atoms with Crippen LogP contribution >= 0.6 is 0 Å². The summed E-state index contributed by atoms with van der Waals surface area (Å²) in [6.07, 6.45) is 38.4. The van der Waals surface area contributed by atoms with Crippen molar-refractivity contribution in [1.82, 2.24) is 0 Å². The molecule has 0 aliphatic rings. The van der Waals surface area contributed by atoms with Gasteiger partial charge in [0.25, 0.3) is 0 Å². The molecule has 49 heavy (non-hydrogen) atoms. The van der Waals surface area contributed by atoms with Crippen molar-refractivity contribution in [3.05, 3.63) is 0 Å². The first kappa shape index (κ1) is 46.4. The van der Waals surface area contributed by atoms with Gasteiger partial charge in [-0.3, -0.25) is 9.59 Å². The molecule has 3 nitrogen and oxygen atoms in total. The zero-order chi connectivity index (χ0) is 35.6. The Labute approximate surface area is 305 Å². The molecule has 276 valence electrons. The van der Waals surface area contributed by atoms with Gasteiger partial charge in [0.1, 0.15) is 0 Å². The summed E-state index contributed by atoms with van der Waals surface area (Å²) >= 11 is 0. The van der Waals surface area contributed by atoms with Crippen LogP contribution in [0.4, 0.5) is 0 Å². The zero-order valence-corrected chi connectivity index (χ0v) is 32.3. The highest BCUT2D eigenvalue weighted by atomic mass is 16.6. The number of carbonyl (C=O) groups is 2. The lowest BCUT2D eigenvalue weighted by Crippen LogP contribution is -2.11. The lowest BCUT2D eigenvalue weighted by atomic mass is 10.1. The molecule has 0 fully saturated rings. The quantitative estimate of drug-likeness (QED) is 0.0309. The van der Waals surface area contributed by atoms with E-state index in [2.05, 4.69) is 61.2 Å². The van der Waals surface area contributed by atoms with Gasteiger partial charge in [-0.2, -0.15) is 0 Å². The molecule has 0 bridgehead atoms. The molecule has 0 aromatic rings. The van der Waals surface area contributed by atoms with Crippen molar-refractivity contribution in [2.45, 2.75) is 232 Å². The second-order valence-corrected chi connectivity index (χ2v) is 13.7. The maximum Gasteiger partial charge on any atom is 0.313 e. The number of ether oxygens (including phenoxy) is 1. The minimum atomic E-state index is -0.372. The molecule has 3 heteroatoms. The van der Waals surface area contributed by atoms with E-state index in [0.29, 0.717) is 12.8 Å². The smallest absolute Gasteiger partial charge is 0.313 e. The van der Waals surface area contributed by atoms with Crippen LogP contribution in [0.2, 0.25) is 0 Å². The Bertz CT molecular complexity index is 927. The maximum absolute atomic E-state index is 12.0. The van der Waals surface area contributed by atoms with E-state index in [0.717, 1.165) is 103 Å². The molecule has 0 saturated carbocycles. The first-order chi connectivity index (χ1) is 24.2. The molecule has 0 amide bonds. The lowest BCUT2D eigenvalue weighted by Gasteiger charge is -2.04. The SMILES string of the molecule is CCCCCCCCCCC#CC#CCCCCCCCCC(=O)OC(=O)CCCCCCCCC#CC#CCCCCCCCCCC. The summed E-state index contributed by atoms with van der Waals surface area (Å²) in [5, 5.41) is 0. The summed E-state index contributed by atoms with van der Waals surface area (Å²) in [5.41, 5.74) is 0. The highest BCUT2D eigenvalue weighted by molar-refractivity contribution is 5.85. The molecule has 0 rings (SSSR count). The highest BCUT2D eigenvalue weighted by Crippen LogP contribution is 2.12. The average molecular weight is 675 g/mol. The first-order valence-electron chi connectivity index (χ1n) is 20.9. The molecule has 0 saturated heterocycles. The largest absolute Gasteiger partial charge is 0.393 e. The van der Waals surface area contributed by atoms with E-state index in [1.54, 1.807) is 0 Å². The van der Waals surface area contributed by atoms with Crippen LogP contribution in [0, 0.1) is 47.4 Å². The minimum absolute atomic E-state index is 0.336. The maximum atomic E-state index is 12.0. The number of hydrogen-bond donors (Lipinski definition) is 0. The van der Waals surface area contributed by atoms with Crippen molar-refractivity contribution in [3.8, 4) is 47.4 Å². The number of hydrogen-bond acceptors (Lipinski definition) is 3. The molecule has 0 N–H and O–H groups in total. The summed E-state index contributed by atoms with van der Waals surface area (Å²) in [7, 11) is 0. The standard InChI is InChI=1S/C46H74O3/c1-3-5-7-9-11-13-15-17-19-21-23-25-27-29-31-33-35-37-39-41-43-45(47)49-46(48)44-42-40-38-36-34-32-30-28-26-24-22-20-18-16-14-12-10-8-6-4-2/h3-20,29-44H2,1-2H3. The van der Waals surface area contributed by atoms with Crippen molar-refractivity contribution >= 4 is 11.9 Å². The van der Waals surface area contributed by atoms with E-state index in [9.17, 15) is 9.59 Å². The second kappa shape index (κ2) is 41.6. The van der Waals surface area contributed by atoms with E-state index >= 15 is 0 Å². The van der Waals surface area contributed by atoms with Crippen molar-refractivity contribution < 1.29 is 14.3 Å². The Morgan fingerprint density at radius 2 is 0.551 bits per heavy atom. The van der Waals surface area contributed by atoms with Crippen molar-refractivity contribution in [1.29, 1.82) is 0 Å². The second-order valence-electron chi connectivity index (χ2n) is 13.7. The summed E-state index contributed by atoms with van der Waals surface area (Å²) < 4.78 is 5.00. The fourth-order valence-corrected chi connectivity index (χ4v) is 5.73. The predicted octanol–water partition coefficient (Wildman–Crippen LogP) is 13.4. The van der Waals surface area contributed by atoms with Crippen LogP contribution in [0.1, 0.15) is 232 Å². The monoisotopic (exact) mass is 675 g/mol. The van der Waals surface area contributed by atoms with Crippen LogP contribution in [-0.4, -0.2) is 11.9 Å². The number of esters is 2. The Morgan fingerprint density at radius 1 is 0.327 bits per heavy atom. The fraction of sp³-hybridized carbons (Fsp3) is 0.783. The average Bonchev–Trinajstić information content (AvgIpc) is 3.10. The summed E-state index contributed by atoms with van der Waals surface area (Å²) in [6, 6.07) is 0. The Kier molecular flexibility index (Phi) is 39.3. The van der Waals surface area contributed by atoms with E-state index < -0.39 is 0 Å². The molecular weight excluding hydrogens is 601 g/mol. The topological polar surface area (TPSA) is 43.4 Å². The van der Waals surface area contributed by atoms with Gasteiger partial charge in [0.05, 0.1) is 0 Å². The third-order valence-electron chi connectivity index (χ3n) is 8.88. The van der Waals surface area contributed by atoms with E-state index in [4.69, 9.17) is 4.74 Å². The van der Waals surface area contributed by atoms with Crippen molar-refractivity contribution in [2.75, 3.05) is 0 Å². The molecule has 0 radical (unpaired) electrons. The minimum Gasteiger partial charge on any atom is -0.393 e. The normalized spacial score (nSPS) is 10.1. The van der Waals surface area contributed by atoms with Gasteiger partial charge in [0, 0.05) is 38.5 Å². The van der Waals surface area contributed by atoms with Crippen LogP contribution in [0.3, 0.4) is 0 Å². The number of carbonyl (C=O) groups excluding carboxylic acids is 2. The fourth-order valence-electron chi connectivity index (χ4n) is 5.73. The molecule has 0 heterocycles. The van der Waals surface area contributed by atoms with Gasteiger partial charge in [0.15, 0.2) is 0 Å². The summed E-state index contributed by atoms with van der Waals surface area (Å²) in [4.78, 5) is 23.9. The third-order valence-corrected chi connectivity index (χ3v) is 8.88. The van der Waals surface area contributed by atoms with Crippen molar-refractivity contribution in [2.24, 2.45) is 0 Å². The van der Waals surface area contributed by atoms with Gasteiger partial charge in [0.2, 0.25) is 0 Å². The van der Waals surface area contributed by atoms with Crippen LogP contribution < -0.4 is 0 Å². The summed E-state index contributed by atoms with van der Waals surface area (Å²) in [6.45, 7) is 4.52. The molecule has 0 atom stereocenters. The number of rotatable bonds is 32. The van der Waals surface area contributed by atoms with Crippen LogP contribution in [0.5, 0.6) is 0 Å². The van der Waals surface area contributed by atoms with Gasteiger partial charge in [-0.05, 0) is 62.2 Å². The predicted molar refractivity (Wildman–Crippen MR) is 211 cm³/mol. The van der Waals surface area contributed by atoms with Crippen LogP contribution in [-0.2, 0) is 14.3 Å². The van der Waals surface area contributed by atoms with Gasteiger partial charge >= 0.3 is 11.9 Å². The molecular formula is C46H74O3. The molecule has 0 spiro atoms. The van der Waals surface area contributed by atoms with E-state index in [1.807, 2.05) is 0 Å². The summed E-state index contributed by atoms with van der Waals surface area (Å²) in [5.74, 6) is 24.0. The van der Waals surface area contributed by atoms with Crippen LogP contribution in [0.15, 0.2) is 0 Å². The van der Waals surface area contributed by atoms with Gasteiger partial charge in [-0.1, -0.05) is 179 Å². The van der Waals surface area contributed by atoms with Crippen molar-refractivity contribution in [3.63, 3.8) is 0 Å². The Morgan fingerprint density at radius 3 is 0.816 bits per heavy atom. The third kappa shape index (κ3) is 41.5. The molecule has 0 aromatic heterocycles. The van der Waals surface area contributed by atoms with Crippen LogP contribution in [0.25, 0.3) is 0 Å². The highest BCUT2D eigenvalue weighted by Gasteiger charge is 2.09. The Balaban J connectivity index is 3.46. The number of unbranched alkanes of at least 4 members (excludes halogenated alkanes) is 28. The molecule has 0 unspecified atom stereocenters. The Hall–Kier alpha value is -2.62. The molecule has 0 aromatic carbocycles. The van der Waals surface area contributed by atoms with E-state index in [-0.39, 0.29) is 11.9 Å². The van der Waals surface area contributed by atoms with Gasteiger partial charge in [-0.15, -0.1) is 0 Å². The molecule has 0 aliphatic heterocycles. The molecule has 0 aliphatic carbocycles. The van der Waals surface area contributed by atoms with Gasteiger partial charge < -0.3 is 4.74 Å². The van der Waals surface area contributed by atoms with E-state index in [1.165, 1.54) is 103 Å².